The Morgan fingerprint density at radius 3 is 2.59 bits per heavy atom. The molecule has 4 nitrogen and oxygen atoms in total. The highest BCUT2D eigenvalue weighted by molar-refractivity contribution is 7.09. The first-order valence-corrected chi connectivity index (χ1v) is 7.99. The van der Waals surface area contributed by atoms with Gasteiger partial charge in [0.25, 0.3) is 0 Å². The lowest BCUT2D eigenvalue weighted by atomic mass is 10.2. The molecule has 1 fully saturated rings. The van der Waals surface area contributed by atoms with Crippen molar-refractivity contribution in [1.29, 1.82) is 0 Å². The van der Waals surface area contributed by atoms with Gasteiger partial charge in [0.1, 0.15) is 6.61 Å². The van der Waals surface area contributed by atoms with Crippen LogP contribution >= 0.6 is 11.3 Å². The van der Waals surface area contributed by atoms with E-state index in [0.717, 1.165) is 19.6 Å². The fourth-order valence-electron chi connectivity index (χ4n) is 2.28. The van der Waals surface area contributed by atoms with Crippen molar-refractivity contribution in [3.63, 3.8) is 0 Å². The van der Waals surface area contributed by atoms with E-state index in [-0.39, 0.29) is 18.9 Å². The van der Waals surface area contributed by atoms with Crippen molar-refractivity contribution in [2.24, 2.45) is 0 Å². The molecule has 0 spiro atoms. The molecule has 0 atom stereocenters. The Labute approximate surface area is 131 Å². The van der Waals surface area contributed by atoms with E-state index < -0.39 is 12.8 Å². The minimum Gasteiger partial charge on any atom is -0.372 e. The van der Waals surface area contributed by atoms with Crippen LogP contribution in [0.25, 0.3) is 0 Å². The summed E-state index contributed by atoms with van der Waals surface area (Å²) in [5, 5.41) is 2.04. The zero-order chi connectivity index (χ0) is 16.0. The number of thiophene rings is 1. The number of ether oxygens (including phenoxy) is 1. The van der Waals surface area contributed by atoms with Gasteiger partial charge in [-0.1, -0.05) is 6.07 Å². The molecule has 0 N–H and O–H groups in total. The van der Waals surface area contributed by atoms with E-state index in [0.29, 0.717) is 13.1 Å². The molecule has 0 bridgehead atoms. The molecular weight excluding hydrogens is 317 g/mol. The van der Waals surface area contributed by atoms with Gasteiger partial charge in [-0.15, -0.1) is 11.3 Å². The van der Waals surface area contributed by atoms with Crippen molar-refractivity contribution >= 4 is 17.2 Å². The first kappa shape index (κ1) is 17.2. The molecule has 2 rings (SSSR count). The second-order valence-corrected chi connectivity index (χ2v) is 6.19. The summed E-state index contributed by atoms with van der Waals surface area (Å²) < 4.78 is 40.2. The number of amides is 1. The highest BCUT2D eigenvalue weighted by atomic mass is 32.1. The second kappa shape index (κ2) is 7.94. The summed E-state index contributed by atoms with van der Waals surface area (Å²) in [6.07, 6.45) is -4.34. The molecule has 0 aromatic carbocycles. The van der Waals surface area contributed by atoms with Gasteiger partial charge in [-0.3, -0.25) is 9.69 Å². The third kappa shape index (κ3) is 5.94. The fraction of sp³-hybridized carbons (Fsp3) is 0.643. The van der Waals surface area contributed by atoms with Crippen LogP contribution in [0.5, 0.6) is 0 Å². The van der Waals surface area contributed by atoms with Crippen molar-refractivity contribution in [2.75, 3.05) is 39.4 Å². The number of nitrogens with zero attached hydrogens (tertiary/aromatic N) is 2. The molecule has 2 heterocycles. The lowest BCUT2D eigenvalue weighted by Gasteiger charge is -2.34. The van der Waals surface area contributed by atoms with Crippen LogP contribution in [0.3, 0.4) is 0 Å². The molecule has 0 aliphatic carbocycles. The smallest absolute Gasteiger partial charge is 0.372 e. The number of carbonyl (C=O) groups excluding carboxylic acids is 1. The number of piperazine rings is 1. The summed E-state index contributed by atoms with van der Waals surface area (Å²) in [6.45, 7) is 2.20. The largest absolute Gasteiger partial charge is 0.411 e. The van der Waals surface area contributed by atoms with Crippen molar-refractivity contribution in [2.45, 2.75) is 19.1 Å². The van der Waals surface area contributed by atoms with Crippen molar-refractivity contribution in [3.8, 4) is 0 Å². The number of hydrogen-bond donors (Lipinski definition) is 0. The predicted octanol–water partition coefficient (Wildman–Crippen LogP) is 2.36. The Balaban J connectivity index is 1.62. The van der Waals surface area contributed by atoms with Gasteiger partial charge in [-0.25, -0.2) is 0 Å². The van der Waals surface area contributed by atoms with Gasteiger partial charge in [-0.05, 0) is 11.4 Å². The molecule has 0 unspecified atom stereocenters. The summed E-state index contributed by atoms with van der Waals surface area (Å²) >= 11 is 1.71. The van der Waals surface area contributed by atoms with Crippen LogP contribution in [0.4, 0.5) is 13.2 Å². The van der Waals surface area contributed by atoms with Gasteiger partial charge < -0.3 is 9.64 Å². The minimum atomic E-state index is -4.34. The number of halogens is 3. The van der Waals surface area contributed by atoms with Crippen molar-refractivity contribution in [3.05, 3.63) is 22.4 Å². The monoisotopic (exact) mass is 336 g/mol. The molecule has 1 aliphatic heterocycles. The van der Waals surface area contributed by atoms with Gasteiger partial charge >= 0.3 is 6.18 Å². The zero-order valence-corrected chi connectivity index (χ0v) is 13.0. The maximum atomic E-state index is 11.9. The number of rotatable bonds is 6. The summed E-state index contributed by atoms with van der Waals surface area (Å²) in [7, 11) is 0. The highest BCUT2D eigenvalue weighted by Gasteiger charge is 2.27. The van der Waals surface area contributed by atoms with Gasteiger partial charge in [0.15, 0.2) is 0 Å². The SMILES string of the molecule is O=C(CCOCC(F)(F)F)N1CCN(Cc2cccs2)CC1. The topological polar surface area (TPSA) is 32.8 Å². The van der Waals surface area contributed by atoms with Crippen LogP contribution in [0, 0.1) is 0 Å². The van der Waals surface area contributed by atoms with Gasteiger partial charge in [0.2, 0.25) is 5.91 Å². The van der Waals surface area contributed by atoms with Crippen LogP contribution < -0.4 is 0 Å². The molecular formula is C14H19F3N2O2S. The Kier molecular flexibility index (Phi) is 6.22. The van der Waals surface area contributed by atoms with E-state index in [2.05, 4.69) is 15.7 Å². The van der Waals surface area contributed by atoms with E-state index in [9.17, 15) is 18.0 Å². The van der Waals surface area contributed by atoms with E-state index in [1.54, 1.807) is 16.2 Å². The van der Waals surface area contributed by atoms with Gasteiger partial charge in [0.05, 0.1) is 13.0 Å². The minimum absolute atomic E-state index is 0.000997. The van der Waals surface area contributed by atoms with Gasteiger partial charge in [-0.2, -0.15) is 13.2 Å². The molecule has 1 aromatic rings. The molecule has 8 heteroatoms. The Morgan fingerprint density at radius 1 is 1.27 bits per heavy atom. The van der Waals surface area contributed by atoms with Crippen LogP contribution in [0.2, 0.25) is 0 Å². The van der Waals surface area contributed by atoms with E-state index in [1.165, 1.54) is 4.88 Å². The molecule has 0 saturated carbocycles. The standard InChI is InChI=1S/C14H19F3N2O2S/c15-14(16,17)11-21-8-3-13(20)19-6-4-18(5-7-19)10-12-2-1-9-22-12/h1-2,9H,3-8,10-11H2. The Bertz CT molecular complexity index is 457. The third-order valence-electron chi connectivity index (χ3n) is 3.41. The molecule has 1 amide bonds. The predicted molar refractivity (Wildman–Crippen MR) is 77.7 cm³/mol. The quantitative estimate of drug-likeness (QED) is 0.748. The van der Waals surface area contributed by atoms with Crippen molar-refractivity contribution < 1.29 is 22.7 Å². The van der Waals surface area contributed by atoms with E-state index >= 15 is 0 Å². The lowest BCUT2D eigenvalue weighted by molar-refractivity contribution is -0.175. The fourth-order valence-corrected chi connectivity index (χ4v) is 3.03. The normalized spacial score (nSPS) is 17.0. The number of carbonyl (C=O) groups is 1. The van der Waals surface area contributed by atoms with Gasteiger partial charge in [0, 0.05) is 37.6 Å². The average molecular weight is 336 g/mol. The molecule has 1 saturated heterocycles. The summed E-state index contributed by atoms with van der Waals surface area (Å²) in [5.74, 6) is -0.141. The van der Waals surface area contributed by atoms with Crippen LogP contribution in [-0.4, -0.2) is 61.3 Å². The summed E-state index contributed by atoms with van der Waals surface area (Å²) in [6, 6.07) is 4.10. The Morgan fingerprint density at radius 2 is 2.00 bits per heavy atom. The van der Waals surface area contributed by atoms with E-state index in [4.69, 9.17) is 0 Å². The molecule has 124 valence electrons. The first-order valence-electron chi connectivity index (χ1n) is 7.11. The molecule has 1 aliphatic rings. The molecule has 1 aromatic heterocycles. The maximum absolute atomic E-state index is 11.9. The van der Waals surface area contributed by atoms with E-state index in [1.807, 2.05) is 11.4 Å². The molecule has 22 heavy (non-hydrogen) atoms. The van der Waals surface area contributed by atoms with Crippen LogP contribution in [-0.2, 0) is 16.1 Å². The zero-order valence-electron chi connectivity index (χ0n) is 12.1. The second-order valence-electron chi connectivity index (χ2n) is 5.15. The summed E-state index contributed by atoms with van der Waals surface area (Å²) in [5.41, 5.74) is 0. The highest BCUT2D eigenvalue weighted by Crippen LogP contribution is 2.15. The number of alkyl halides is 3. The number of hydrogen-bond acceptors (Lipinski definition) is 4. The molecule has 0 radical (unpaired) electrons. The lowest BCUT2D eigenvalue weighted by Crippen LogP contribution is -2.48. The van der Waals surface area contributed by atoms with Crippen LogP contribution in [0.15, 0.2) is 17.5 Å². The average Bonchev–Trinajstić information content (AvgIpc) is 2.96. The first-order chi connectivity index (χ1) is 10.4. The third-order valence-corrected chi connectivity index (χ3v) is 4.27. The summed E-state index contributed by atoms with van der Waals surface area (Å²) in [4.78, 5) is 17.2. The Hall–Kier alpha value is -1.12. The maximum Gasteiger partial charge on any atom is 0.411 e. The van der Waals surface area contributed by atoms with Crippen LogP contribution in [0.1, 0.15) is 11.3 Å². The van der Waals surface area contributed by atoms with Crippen molar-refractivity contribution in [1.82, 2.24) is 9.80 Å².